The number of carbonyl (C=O) groups is 2. The minimum atomic E-state index is -0.608. The molecule has 0 bridgehead atoms. The molecule has 1 aromatic heterocycles. The number of rotatable bonds is 7. The molecule has 2 aromatic rings. The van der Waals surface area contributed by atoms with Crippen molar-refractivity contribution in [3.05, 3.63) is 57.4 Å². The average Bonchev–Trinajstić information content (AvgIpc) is 2.59. The fraction of sp³-hybridized carbons (Fsp3) is 0.294. The van der Waals surface area contributed by atoms with Gasteiger partial charge >= 0.3 is 11.7 Å². The Morgan fingerprint density at radius 1 is 1.31 bits per heavy atom. The number of benzene rings is 1. The minimum absolute atomic E-state index is 0.0382. The lowest BCUT2D eigenvalue weighted by Gasteiger charge is -2.10. The van der Waals surface area contributed by atoms with Crippen molar-refractivity contribution in [2.24, 2.45) is 0 Å². The third kappa shape index (κ3) is 5.41. The normalized spacial score (nSPS) is 10.4. The minimum Gasteiger partial charge on any atom is -0.462 e. The Labute approximate surface area is 153 Å². The second-order valence-corrected chi connectivity index (χ2v) is 6.22. The number of H-pyrrole nitrogens is 1. The maximum absolute atomic E-state index is 12.9. The summed E-state index contributed by atoms with van der Waals surface area (Å²) in [6, 6.07) is 5.77. The van der Waals surface area contributed by atoms with Gasteiger partial charge in [0.05, 0.1) is 12.4 Å². The van der Waals surface area contributed by atoms with Crippen LogP contribution in [0.5, 0.6) is 0 Å². The maximum atomic E-state index is 12.9. The molecule has 0 atom stereocenters. The molecule has 1 aromatic carbocycles. The van der Waals surface area contributed by atoms with Gasteiger partial charge in [-0.05, 0) is 31.5 Å². The highest BCUT2D eigenvalue weighted by Crippen LogP contribution is 2.21. The summed E-state index contributed by atoms with van der Waals surface area (Å²) in [6.45, 7) is 3.65. The second-order valence-electron chi connectivity index (χ2n) is 5.26. The van der Waals surface area contributed by atoms with Gasteiger partial charge in [-0.1, -0.05) is 23.9 Å². The molecule has 0 aliphatic rings. The van der Waals surface area contributed by atoms with E-state index in [1.54, 1.807) is 26.0 Å². The summed E-state index contributed by atoms with van der Waals surface area (Å²) in [4.78, 5) is 41.8. The van der Waals surface area contributed by atoms with Gasteiger partial charge in [0.1, 0.15) is 16.4 Å². The zero-order valence-corrected chi connectivity index (χ0v) is 15.1. The summed E-state index contributed by atoms with van der Waals surface area (Å²) in [5, 5.41) is 2.82. The molecule has 0 fully saturated rings. The van der Waals surface area contributed by atoms with Crippen LogP contribution in [0.2, 0.25) is 0 Å². The molecule has 138 valence electrons. The van der Waals surface area contributed by atoms with Crippen LogP contribution in [0.3, 0.4) is 0 Å². The Balaban J connectivity index is 2.01. The molecule has 2 rings (SSSR count). The lowest BCUT2D eigenvalue weighted by atomic mass is 10.2. The van der Waals surface area contributed by atoms with Crippen LogP contribution in [-0.4, -0.2) is 34.2 Å². The lowest BCUT2D eigenvalue weighted by molar-refractivity contribution is -0.118. The van der Waals surface area contributed by atoms with Crippen LogP contribution in [0.1, 0.15) is 28.5 Å². The summed E-state index contributed by atoms with van der Waals surface area (Å²) in [6.07, 6.45) is 0. The molecule has 9 heteroatoms. The molecule has 0 saturated carbocycles. The number of esters is 1. The Hall–Kier alpha value is -2.68. The number of amides is 1. The highest BCUT2D eigenvalue weighted by molar-refractivity contribution is 8.00. The molecular weight excluding hydrogens is 361 g/mol. The van der Waals surface area contributed by atoms with E-state index in [-0.39, 0.29) is 41.2 Å². The Morgan fingerprint density at radius 3 is 2.65 bits per heavy atom. The first-order valence-electron chi connectivity index (χ1n) is 7.82. The van der Waals surface area contributed by atoms with E-state index in [0.717, 1.165) is 17.3 Å². The SMILES string of the molecule is CCOC(=O)c1c(SCC(=O)NCc2ccc(F)cc2)nc(=O)[nH]c1C. The van der Waals surface area contributed by atoms with E-state index in [1.165, 1.54) is 12.1 Å². The molecule has 2 N–H and O–H groups in total. The molecule has 26 heavy (non-hydrogen) atoms. The van der Waals surface area contributed by atoms with Gasteiger partial charge in [-0.2, -0.15) is 4.98 Å². The molecule has 0 saturated heterocycles. The van der Waals surface area contributed by atoms with Gasteiger partial charge in [-0.15, -0.1) is 0 Å². The van der Waals surface area contributed by atoms with E-state index in [2.05, 4.69) is 15.3 Å². The number of nitrogens with zero attached hydrogens (tertiary/aromatic N) is 1. The molecule has 7 nitrogen and oxygen atoms in total. The van der Waals surface area contributed by atoms with Crippen molar-refractivity contribution < 1.29 is 18.7 Å². The zero-order valence-electron chi connectivity index (χ0n) is 14.3. The second kappa shape index (κ2) is 9.14. The van der Waals surface area contributed by atoms with Crippen LogP contribution in [0, 0.1) is 12.7 Å². The predicted molar refractivity (Wildman–Crippen MR) is 94.5 cm³/mol. The van der Waals surface area contributed by atoms with Crippen molar-refractivity contribution >= 4 is 23.6 Å². The fourth-order valence-corrected chi connectivity index (χ4v) is 2.99. The zero-order chi connectivity index (χ0) is 19.1. The molecule has 1 heterocycles. The van der Waals surface area contributed by atoms with Gasteiger partial charge in [-0.3, -0.25) is 4.79 Å². The van der Waals surface area contributed by atoms with Crippen molar-refractivity contribution in [1.82, 2.24) is 15.3 Å². The Kier molecular flexibility index (Phi) is 6.90. The largest absolute Gasteiger partial charge is 0.462 e. The van der Waals surface area contributed by atoms with Gasteiger partial charge in [0.2, 0.25) is 5.91 Å². The van der Waals surface area contributed by atoms with Crippen LogP contribution >= 0.6 is 11.8 Å². The molecule has 1 amide bonds. The number of ether oxygens (including phenoxy) is 1. The summed E-state index contributed by atoms with van der Waals surface area (Å²) >= 11 is 0.971. The lowest BCUT2D eigenvalue weighted by Crippen LogP contribution is -2.25. The maximum Gasteiger partial charge on any atom is 0.346 e. The van der Waals surface area contributed by atoms with Crippen molar-refractivity contribution in [3.8, 4) is 0 Å². The molecular formula is C17H18FN3O4S. The van der Waals surface area contributed by atoms with Gasteiger partial charge in [0, 0.05) is 12.2 Å². The topological polar surface area (TPSA) is 101 Å². The average molecular weight is 379 g/mol. The van der Waals surface area contributed by atoms with Gasteiger partial charge in [0.25, 0.3) is 0 Å². The van der Waals surface area contributed by atoms with E-state index in [1.807, 2.05) is 0 Å². The smallest absolute Gasteiger partial charge is 0.346 e. The number of aryl methyl sites for hydroxylation is 1. The van der Waals surface area contributed by atoms with Crippen molar-refractivity contribution in [2.75, 3.05) is 12.4 Å². The summed E-state index contributed by atoms with van der Waals surface area (Å²) in [5.41, 5.74) is 0.618. The molecule has 0 spiro atoms. The number of halogens is 1. The third-order valence-corrected chi connectivity index (χ3v) is 4.28. The van der Waals surface area contributed by atoms with E-state index >= 15 is 0 Å². The number of aromatic nitrogens is 2. The molecule has 0 aliphatic carbocycles. The van der Waals surface area contributed by atoms with Crippen molar-refractivity contribution in [1.29, 1.82) is 0 Å². The van der Waals surface area contributed by atoms with E-state index in [9.17, 15) is 18.8 Å². The molecule has 0 radical (unpaired) electrons. The van der Waals surface area contributed by atoms with E-state index in [4.69, 9.17) is 4.74 Å². The van der Waals surface area contributed by atoms with Crippen LogP contribution in [0.4, 0.5) is 4.39 Å². The number of aromatic amines is 1. The number of nitrogens with one attached hydrogen (secondary N) is 2. The van der Waals surface area contributed by atoms with Gasteiger partial charge in [-0.25, -0.2) is 14.0 Å². The number of hydrogen-bond donors (Lipinski definition) is 2. The number of thioether (sulfide) groups is 1. The Morgan fingerprint density at radius 2 is 2.00 bits per heavy atom. The number of hydrogen-bond acceptors (Lipinski definition) is 6. The predicted octanol–water partition coefficient (Wildman–Crippen LogP) is 1.80. The quantitative estimate of drug-likeness (QED) is 0.432. The van der Waals surface area contributed by atoms with Crippen LogP contribution in [0.15, 0.2) is 34.1 Å². The first-order valence-corrected chi connectivity index (χ1v) is 8.81. The van der Waals surface area contributed by atoms with Gasteiger partial charge < -0.3 is 15.0 Å². The fourth-order valence-electron chi connectivity index (χ4n) is 2.10. The first-order chi connectivity index (χ1) is 12.4. The van der Waals surface area contributed by atoms with Crippen LogP contribution in [-0.2, 0) is 16.1 Å². The summed E-state index contributed by atoms with van der Waals surface area (Å²) in [7, 11) is 0. The third-order valence-electron chi connectivity index (χ3n) is 3.31. The van der Waals surface area contributed by atoms with Crippen molar-refractivity contribution in [3.63, 3.8) is 0 Å². The van der Waals surface area contributed by atoms with E-state index < -0.39 is 11.7 Å². The summed E-state index contributed by atoms with van der Waals surface area (Å²) in [5.74, 6) is -1.31. The molecule has 0 unspecified atom stereocenters. The van der Waals surface area contributed by atoms with Crippen molar-refractivity contribution in [2.45, 2.75) is 25.4 Å². The molecule has 0 aliphatic heterocycles. The van der Waals surface area contributed by atoms with Gasteiger partial charge in [0.15, 0.2) is 0 Å². The number of carbonyl (C=O) groups excluding carboxylic acids is 2. The van der Waals surface area contributed by atoms with Crippen LogP contribution in [0.25, 0.3) is 0 Å². The standard InChI is InChI=1S/C17H18FN3O4S/c1-3-25-16(23)14-10(2)20-17(24)21-15(14)26-9-13(22)19-8-11-4-6-12(18)7-5-11/h4-7H,3,8-9H2,1-2H3,(H,19,22)(H,20,21,24). The highest BCUT2D eigenvalue weighted by Gasteiger charge is 2.19. The highest BCUT2D eigenvalue weighted by atomic mass is 32.2. The van der Waals surface area contributed by atoms with Crippen LogP contribution < -0.4 is 11.0 Å². The Bertz CT molecular complexity index is 852. The summed E-state index contributed by atoms with van der Waals surface area (Å²) < 4.78 is 17.8. The monoisotopic (exact) mass is 379 g/mol. The van der Waals surface area contributed by atoms with E-state index in [0.29, 0.717) is 5.69 Å². The first kappa shape index (κ1) is 19.6.